The maximum absolute atomic E-state index is 4.99. The standard InChI is InChI=1S/C55H34N4S/c1-3-12-37(13-4-1)52-57-53(38-14-5-2-6-15-38)59-54(58-52)39-24-22-35(23-25-39)40-26-28-43-44-29-27-41(42-17-11-16-36-30-31-56-34-45(36)42)33-49(44)55(48(43)32-40)46-18-7-9-20-50(46)60-51-21-10-8-19-47(51)55/h1-34H. The van der Waals surface area contributed by atoms with Crippen molar-refractivity contribution in [3.8, 4) is 67.5 Å². The minimum atomic E-state index is -0.523. The van der Waals surface area contributed by atoms with Gasteiger partial charge < -0.3 is 0 Å². The third-order valence-corrected chi connectivity index (χ3v) is 13.3. The summed E-state index contributed by atoms with van der Waals surface area (Å²) in [6.45, 7) is 0. The zero-order chi connectivity index (χ0) is 39.6. The first-order valence-corrected chi connectivity index (χ1v) is 21.0. The summed E-state index contributed by atoms with van der Waals surface area (Å²) >= 11 is 1.87. The Morgan fingerprint density at radius 3 is 1.47 bits per heavy atom. The van der Waals surface area contributed by atoms with Crippen LogP contribution in [0, 0.1) is 0 Å². The Bertz CT molecular complexity index is 3180. The van der Waals surface area contributed by atoms with E-state index in [1.54, 1.807) is 0 Å². The van der Waals surface area contributed by atoms with E-state index < -0.39 is 5.41 Å². The molecule has 1 spiro atoms. The number of hydrogen-bond donors (Lipinski definition) is 0. The lowest BCUT2D eigenvalue weighted by atomic mass is 9.66. The van der Waals surface area contributed by atoms with Crippen LogP contribution >= 0.6 is 11.8 Å². The van der Waals surface area contributed by atoms with Gasteiger partial charge >= 0.3 is 0 Å². The molecule has 0 fully saturated rings. The first kappa shape index (κ1) is 34.6. The van der Waals surface area contributed by atoms with Crippen molar-refractivity contribution in [2.75, 3.05) is 0 Å². The SMILES string of the molecule is c1ccc(-c2nc(-c3ccccc3)nc(-c3ccc(-c4ccc5c(c4)C4(c6ccccc6Sc6ccccc64)c4cc(-c6cccc7ccncc67)ccc4-5)cc3)n2)cc1. The molecule has 8 aromatic carbocycles. The van der Waals surface area contributed by atoms with Crippen LogP contribution in [-0.4, -0.2) is 19.9 Å². The van der Waals surface area contributed by atoms with Gasteiger partial charge in [0, 0.05) is 44.3 Å². The average Bonchev–Trinajstić information content (AvgIpc) is 3.61. The van der Waals surface area contributed by atoms with Gasteiger partial charge in [-0.15, -0.1) is 0 Å². The fraction of sp³-hybridized carbons (Fsp3) is 0.0182. The molecule has 0 amide bonds. The largest absolute Gasteiger partial charge is 0.264 e. The van der Waals surface area contributed by atoms with Crippen molar-refractivity contribution in [2.24, 2.45) is 0 Å². The van der Waals surface area contributed by atoms with Gasteiger partial charge in [-0.25, -0.2) is 15.0 Å². The van der Waals surface area contributed by atoms with E-state index in [2.05, 4.69) is 138 Å². The molecule has 60 heavy (non-hydrogen) atoms. The van der Waals surface area contributed by atoms with Crippen molar-refractivity contribution in [3.05, 3.63) is 229 Å². The number of hydrogen-bond acceptors (Lipinski definition) is 5. The van der Waals surface area contributed by atoms with Gasteiger partial charge in [0.05, 0.1) is 5.41 Å². The molecule has 10 aromatic rings. The van der Waals surface area contributed by atoms with E-state index in [1.165, 1.54) is 59.7 Å². The van der Waals surface area contributed by atoms with E-state index in [4.69, 9.17) is 15.0 Å². The summed E-state index contributed by atoms with van der Waals surface area (Å²) in [7, 11) is 0. The minimum Gasteiger partial charge on any atom is -0.264 e. The lowest BCUT2D eigenvalue weighted by molar-refractivity contribution is 0.723. The summed E-state index contributed by atoms with van der Waals surface area (Å²) in [5.74, 6) is 1.94. The molecule has 2 aliphatic rings. The smallest absolute Gasteiger partial charge is 0.164 e. The third kappa shape index (κ3) is 5.40. The Balaban J connectivity index is 1.02. The molecule has 1 aliphatic heterocycles. The highest BCUT2D eigenvalue weighted by Gasteiger charge is 2.50. The van der Waals surface area contributed by atoms with Gasteiger partial charge in [0.2, 0.25) is 0 Å². The molecular weight excluding hydrogens is 749 g/mol. The maximum atomic E-state index is 4.99. The Labute approximate surface area is 352 Å². The van der Waals surface area contributed by atoms with E-state index in [9.17, 15) is 0 Å². The monoisotopic (exact) mass is 782 g/mol. The van der Waals surface area contributed by atoms with E-state index in [0.717, 1.165) is 33.2 Å². The lowest BCUT2D eigenvalue weighted by Gasteiger charge is -2.40. The molecule has 0 atom stereocenters. The van der Waals surface area contributed by atoms with Gasteiger partial charge in [0.1, 0.15) is 0 Å². The molecular formula is C55H34N4S. The normalized spacial score (nSPS) is 13.1. The van der Waals surface area contributed by atoms with Crippen molar-refractivity contribution in [1.29, 1.82) is 0 Å². The molecule has 0 saturated carbocycles. The van der Waals surface area contributed by atoms with Gasteiger partial charge in [-0.05, 0) is 91.4 Å². The summed E-state index contributed by atoms with van der Waals surface area (Å²) in [5, 5.41) is 2.34. The summed E-state index contributed by atoms with van der Waals surface area (Å²) < 4.78 is 0. The van der Waals surface area contributed by atoms with Gasteiger partial charge in [0.15, 0.2) is 17.5 Å². The summed E-state index contributed by atoms with van der Waals surface area (Å²) in [4.78, 5) is 22.0. The fourth-order valence-electron chi connectivity index (χ4n) is 9.36. The second kappa shape index (κ2) is 13.8. The summed E-state index contributed by atoms with van der Waals surface area (Å²) in [6.07, 6.45) is 3.86. The number of rotatable bonds is 5. The Kier molecular flexibility index (Phi) is 7.97. The molecule has 0 unspecified atom stereocenters. The Morgan fingerprint density at radius 2 is 0.850 bits per heavy atom. The van der Waals surface area contributed by atoms with Crippen LogP contribution in [0.15, 0.2) is 216 Å². The molecule has 2 aromatic heterocycles. The van der Waals surface area contributed by atoms with Crippen molar-refractivity contribution in [1.82, 2.24) is 19.9 Å². The Morgan fingerprint density at radius 1 is 0.350 bits per heavy atom. The molecule has 3 heterocycles. The average molecular weight is 783 g/mol. The highest BCUT2D eigenvalue weighted by Crippen LogP contribution is 2.63. The van der Waals surface area contributed by atoms with E-state index >= 15 is 0 Å². The van der Waals surface area contributed by atoms with E-state index in [0.29, 0.717) is 17.5 Å². The number of aromatic nitrogens is 4. The fourth-order valence-corrected chi connectivity index (χ4v) is 10.6. The molecule has 280 valence electrons. The summed E-state index contributed by atoms with van der Waals surface area (Å²) in [6, 6.07) is 69.7. The molecule has 0 saturated heterocycles. The molecule has 0 N–H and O–H groups in total. The highest BCUT2D eigenvalue weighted by molar-refractivity contribution is 7.99. The predicted octanol–water partition coefficient (Wildman–Crippen LogP) is 13.6. The highest BCUT2D eigenvalue weighted by atomic mass is 32.2. The van der Waals surface area contributed by atoms with Crippen LogP contribution in [0.25, 0.3) is 78.3 Å². The van der Waals surface area contributed by atoms with Gasteiger partial charge in [-0.1, -0.05) is 176 Å². The second-order valence-electron chi connectivity index (χ2n) is 15.4. The minimum absolute atomic E-state index is 0.523. The zero-order valence-corrected chi connectivity index (χ0v) is 33.1. The van der Waals surface area contributed by atoms with Crippen LogP contribution in [-0.2, 0) is 5.41 Å². The molecule has 12 rings (SSSR count). The van der Waals surface area contributed by atoms with Crippen LogP contribution < -0.4 is 0 Å². The van der Waals surface area contributed by atoms with Crippen LogP contribution in [0.2, 0.25) is 0 Å². The van der Waals surface area contributed by atoms with Crippen molar-refractivity contribution in [3.63, 3.8) is 0 Å². The lowest BCUT2D eigenvalue weighted by Crippen LogP contribution is -2.32. The number of nitrogens with zero attached hydrogens (tertiary/aromatic N) is 4. The first-order valence-electron chi connectivity index (χ1n) is 20.2. The topological polar surface area (TPSA) is 51.6 Å². The first-order chi connectivity index (χ1) is 29.7. The molecule has 5 heteroatoms. The van der Waals surface area contributed by atoms with Crippen LogP contribution in [0.1, 0.15) is 22.3 Å². The second-order valence-corrected chi connectivity index (χ2v) is 16.5. The maximum Gasteiger partial charge on any atom is 0.164 e. The summed E-state index contributed by atoms with van der Waals surface area (Å²) in [5.41, 5.74) is 14.7. The molecule has 1 aliphatic carbocycles. The van der Waals surface area contributed by atoms with Crippen LogP contribution in [0.5, 0.6) is 0 Å². The molecule has 4 nitrogen and oxygen atoms in total. The third-order valence-electron chi connectivity index (χ3n) is 12.1. The van der Waals surface area contributed by atoms with Crippen LogP contribution in [0.3, 0.4) is 0 Å². The predicted molar refractivity (Wildman–Crippen MR) is 244 cm³/mol. The van der Waals surface area contributed by atoms with Gasteiger partial charge in [-0.2, -0.15) is 0 Å². The van der Waals surface area contributed by atoms with E-state index in [1.807, 2.05) is 84.8 Å². The number of benzene rings is 8. The molecule has 0 radical (unpaired) electrons. The van der Waals surface area contributed by atoms with Crippen molar-refractivity contribution in [2.45, 2.75) is 15.2 Å². The van der Waals surface area contributed by atoms with Crippen LogP contribution in [0.4, 0.5) is 0 Å². The Hall–Kier alpha value is -7.47. The van der Waals surface area contributed by atoms with E-state index in [-0.39, 0.29) is 0 Å². The zero-order valence-electron chi connectivity index (χ0n) is 32.3. The van der Waals surface area contributed by atoms with Gasteiger partial charge in [-0.3, -0.25) is 4.98 Å². The molecule has 0 bridgehead atoms. The number of pyridine rings is 1. The van der Waals surface area contributed by atoms with Gasteiger partial charge in [0.25, 0.3) is 0 Å². The van der Waals surface area contributed by atoms with Crippen molar-refractivity contribution < 1.29 is 0 Å². The van der Waals surface area contributed by atoms with Crippen molar-refractivity contribution >= 4 is 22.5 Å². The quantitative estimate of drug-likeness (QED) is 0.174. The number of fused-ring (bicyclic) bond motifs is 10.